The SMILES string of the molecule is CN(C)c1nc(NC2CCC(CNCCCCc3ccc([N+](=O)[O-])cc3)CC2)nc2ccccc12. The van der Waals surface area contributed by atoms with Gasteiger partial charge < -0.3 is 15.5 Å². The topological polar surface area (TPSA) is 96.2 Å². The Labute approximate surface area is 207 Å². The molecule has 0 aliphatic heterocycles. The molecule has 0 bridgehead atoms. The molecule has 0 spiro atoms. The number of nitrogens with zero attached hydrogens (tertiary/aromatic N) is 4. The summed E-state index contributed by atoms with van der Waals surface area (Å²) in [6, 6.07) is 15.5. The molecule has 4 rings (SSSR count). The van der Waals surface area contributed by atoms with Crippen LogP contribution in [-0.4, -0.2) is 48.1 Å². The van der Waals surface area contributed by atoms with Crippen molar-refractivity contribution in [2.24, 2.45) is 5.92 Å². The molecule has 1 fully saturated rings. The number of aryl methyl sites for hydroxylation is 1. The third-order valence-corrected chi connectivity index (χ3v) is 6.84. The Hall–Kier alpha value is -3.26. The molecule has 8 heteroatoms. The van der Waals surface area contributed by atoms with E-state index in [1.165, 1.54) is 12.8 Å². The first kappa shape index (κ1) is 24.9. The van der Waals surface area contributed by atoms with Gasteiger partial charge >= 0.3 is 0 Å². The number of unbranched alkanes of at least 4 members (excludes halogenated alkanes) is 1. The van der Waals surface area contributed by atoms with Crippen molar-refractivity contribution in [2.45, 2.75) is 51.0 Å². The lowest BCUT2D eigenvalue weighted by molar-refractivity contribution is -0.384. The van der Waals surface area contributed by atoms with Gasteiger partial charge in [-0.1, -0.05) is 24.3 Å². The highest BCUT2D eigenvalue weighted by atomic mass is 16.6. The lowest BCUT2D eigenvalue weighted by Gasteiger charge is -2.29. The number of anilines is 2. The fraction of sp³-hybridized carbons (Fsp3) is 0.481. The highest BCUT2D eigenvalue weighted by Crippen LogP contribution is 2.28. The summed E-state index contributed by atoms with van der Waals surface area (Å²) in [5.74, 6) is 2.39. The number of para-hydroxylation sites is 1. The second kappa shape index (κ2) is 11.9. The molecule has 3 aromatic rings. The summed E-state index contributed by atoms with van der Waals surface area (Å²) in [6.07, 6.45) is 7.86. The van der Waals surface area contributed by atoms with E-state index in [1.54, 1.807) is 12.1 Å². The molecule has 1 aliphatic rings. The molecule has 0 atom stereocenters. The molecule has 8 nitrogen and oxygen atoms in total. The minimum Gasteiger partial charge on any atom is -0.362 e. The molecular formula is C27H36N6O2. The number of hydrogen-bond donors (Lipinski definition) is 2. The number of aromatic nitrogens is 2. The van der Waals surface area contributed by atoms with Crippen molar-refractivity contribution in [3.63, 3.8) is 0 Å². The molecular weight excluding hydrogens is 440 g/mol. The molecule has 35 heavy (non-hydrogen) atoms. The number of benzene rings is 2. The molecule has 186 valence electrons. The van der Waals surface area contributed by atoms with Crippen LogP contribution in [0.5, 0.6) is 0 Å². The zero-order valence-electron chi connectivity index (χ0n) is 20.7. The molecule has 1 aromatic heterocycles. The molecule has 0 saturated heterocycles. The Kier molecular flexibility index (Phi) is 8.47. The van der Waals surface area contributed by atoms with Crippen molar-refractivity contribution >= 4 is 28.4 Å². The van der Waals surface area contributed by atoms with Gasteiger partial charge in [0.15, 0.2) is 0 Å². The first-order chi connectivity index (χ1) is 17.0. The van der Waals surface area contributed by atoms with Gasteiger partial charge in [-0.25, -0.2) is 4.98 Å². The van der Waals surface area contributed by atoms with Crippen LogP contribution in [0.3, 0.4) is 0 Å². The number of non-ortho nitro benzene ring substituents is 1. The number of rotatable bonds is 11. The normalized spacial score (nSPS) is 17.9. The van der Waals surface area contributed by atoms with Gasteiger partial charge in [-0.05, 0) is 81.6 Å². The summed E-state index contributed by atoms with van der Waals surface area (Å²) < 4.78 is 0. The summed E-state index contributed by atoms with van der Waals surface area (Å²) in [5, 5.41) is 19.0. The van der Waals surface area contributed by atoms with Gasteiger partial charge in [0.05, 0.1) is 10.4 Å². The summed E-state index contributed by atoms with van der Waals surface area (Å²) in [5.41, 5.74) is 2.29. The molecule has 0 unspecified atom stereocenters. The van der Waals surface area contributed by atoms with Gasteiger partial charge in [0.1, 0.15) is 5.82 Å². The van der Waals surface area contributed by atoms with Crippen molar-refractivity contribution in [3.05, 3.63) is 64.2 Å². The van der Waals surface area contributed by atoms with E-state index < -0.39 is 0 Å². The Morgan fingerprint density at radius 2 is 1.74 bits per heavy atom. The number of nitrogens with one attached hydrogen (secondary N) is 2. The van der Waals surface area contributed by atoms with E-state index in [0.29, 0.717) is 6.04 Å². The van der Waals surface area contributed by atoms with Gasteiger partial charge in [0.25, 0.3) is 5.69 Å². The van der Waals surface area contributed by atoms with Crippen molar-refractivity contribution in [1.82, 2.24) is 15.3 Å². The van der Waals surface area contributed by atoms with Gasteiger partial charge in [-0.2, -0.15) is 4.98 Å². The van der Waals surface area contributed by atoms with E-state index in [4.69, 9.17) is 9.97 Å². The van der Waals surface area contributed by atoms with Crippen LogP contribution in [-0.2, 0) is 6.42 Å². The van der Waals surface area contributed by atoms with Crippen LogP contribution in [0.25, 0.3) is 10.9 Å². The molecule has 1 heterocycles. The molecule has 2 aromatic carbocycles. The first-order valence-electron chi connectivity index (χ1n) is 12.6. The van der Waals surface area contributed by atoms with Crippen LogP contribution in [0.4, 0.5) is 17.5 Å². The third-order valence-electron chi connectivity index (χ3n) is 6.84. The predicted octanol–water partition coefficient (Wildman–Crippen LogP) is 5.19. The van der Waals surface area contributed by atoms with Crippen molar-refractivity contribution < 1.29 is 4.92 Å². The number of nitro groups is 1. The Balaban J connectivity index is 1.14. The van der Waals surface area contributed by atoms with E-state index in [0.717, 1.165) is 79.3 Å². The van der Waals surface area contributed by atoms with Crippen LogP contribution in [0, 0.1) is 16.0 Å². The Bertz CT molecular complexity index is 1110. The van der Waals surface area contributed by atoms with Gasteiger partial charge in [-0.15, -0.1) is 0 Å². The largest absolute Gasteiger partial charge is 0.362 e. The quantitative estimate of drug-likeness (QED) is 0.223. The van der Waals surface area contributed by atoms with E-state index in [9.17, 15) is 10.1 Å². The number of hydrogen-bond acceptors (Lipinski definition) is 7. The van der Waals surface area contributed by atoms with Gasteiger partial charge in [-0.3, -0.25) is 10.1 Å². The Morgan fingerprint density at radius 1 is 1.00 bits per heavy atom. The molecule has 1 saturated carbocycles. The van der Waals surface area contributed by atoms with E-state index in [1.807, 2.05) is 49.3 Å². The van der Waals surface area contributed by atoms with Crippen molar-refractivity contribution in [3.8, 4) is 0 Å². The fourth-order valence-electron chi connectivity index (χ4n) is 4.83. The zero-order chi connectivity index (χ0) is 24.6. The smallest absolute Gasteiger partial charge is 0.269 e. The minimum absolute atomic E-state index is 0.156. The van der Waals surface area contributed by atoms with Crippen molar-refractivity contribution in [2.75, 3.05) is 37.4 Å². The lowest BCUT2D eigenvalue weighted by atomic mass is 9.86. The predicted molar refractivity (Wildman–Crippen MR) is 142 cm³/mol. The first-order valence-corrected chi connectivity index (χ1v) is 12.6. The summed E-state index contributed by atoms with van der Waals surface area (Å²) in [4.78, 5) is 22.0. The second-order valence-electron chi connectivity index (χ2n) is 9.73. The fourth-order valence-corrected chi connectivity index (χ4v) is 4.83. The molecule has 1 aliphatic carbocycles. The Morgan fingerprint density at radius 3 is 2.46 bits per heavy atom. The van der Waals surface area contributed by atoms with E-state index in [-0.39, 0.29) is 10.6 Å². The zero-order valence-corrected chi connectivity index (χ0v) is 20.7. The van der Waals surface area contributed by atoms with Crippen LogP contribution in [0.15, 0.2) is 48.5 Å². The van der Waals surface area contributed by atoms with Crippen molar-refractivity contribution in [1.29, 1.82) is 0 Å². The average Bonchev–Trinajstić information content (AvgIpc) is 2.86. The maximum atomic E-state index is 10.7. The van der Waals surface area contributed by atoms with E-state index in [2.05, 4.69) is 16.7 Å². The number of nitro benzene ring substituents is 1. The van der Waals surface area contributed by atoms with Crippen LogP contribution in [0.1, 0.15) is 44.1 Å². The maximum absolute atomic E-state index is 10.7. The lowest BCUT2D eigenvalue weighted by Crippen LogP contribution is -2.32. The highest BCUT2D eigenvalue weighted by Gasteiger charge is 2.22. The number of fused-ring (bicyclic) bond motifs is 1. The summed E-state index contributed by atoms with van der Waals surface area (Å²) >= 11 is 0. The van der Waals surface area contributed by atoms with Crippen LogP contribution < -0.4 is 15.5 Å². The third kappa shape index (κ3) is 6.88. The van der Waals surface area contributed by atoms with E-state index >= 15 is 0 Å². The summed E-state index contributed by atoms with van der Waals surface area (Å²) in [6.45, 7) is 2.09. The average molecular weight is 477 g/mol. The van der Waals surface area contributed by atoms with Crippen LogP contribution in [0.2, 0.25) is 0 Å². The minimum atomic E-state index is -0.352. The monoisotopic (exact) mass is 476 g/mol. The second-order valence-corrected chi connectivity index (χ2v) is 9.73. The summed E-state index contributed by atoms with van der Waals surface area (Å²) in [7, 11) is 4.04. The van der Waals surface area contributed by atoms with Gasteiger partial charge in [0.2, 0.25) is 5.95 Å². The van der Waals surface area contributed by atoms with Crippen LogP contribution >= 0.6 is 0 Å². The maximum Gasteiger partial charge on any atom is 0.269 e. The van der Waals surface area contributed by atoms with Gasteiger partial charge in [0, 0.05) is 37.7 Å². The standard InChI is InChI=1S/C27H36N6O2/c1-32(2)26-24-8-3-4-9-25(24)30-27(31-26)29-22-14-10-21(11-15-22)19-28-18-6-5-7-20-12-16-23(17-13-20)33(34)35/h3-4,8-9,12-13,16-17,21-22,28H,5-7,10-11,14-15,18-19H2,1-2H3,(H,29,30,31). The molecule has 0 amide bonds. The highest BCUT2D eigenvalue weighted by molar-refractivity contribution is 5.90. The molecule has 0 radical (unpaired) electrons. The molecule has 2 N–H and O–H groups in total.